The SMILES string of the molecule is CN1CCN(c2nc(N)c(Cl)c(Cl)n2)CC1.Cl. The molecule has 1 saturated heterocycles. The predicted octanol–water partition coefficient (Wildman–Crippen LogP) is 1.54. The van der Waals surface area contributed by atoms with E-state index in [2.05, 4.69) is 26.8 Å². The van der Waals surface area contributed by atoms with Gasteiger partial charge in [-0.3, -0.25) is 0 Å². The van der Waals surface area contributed by atoms with Gasteiger partial charge in [-0.1, -0.05) is 23.2 Å². The van der Waals surface area contributed by atoms with Crippen LogP contribution in [0.4, 0.5) is 11.8 Å². The molecule has 1 aromatic heterocycles. The Morgan fingerprint density at radius 1 is 1.12 bits per heavy atom. The summed E-state index contributed by atoms with van der Waals surface area (Å²) >= 11 is 11.7. The zero-order chi connectivity index (χ0) is 11.7. The molecule has 0 atom stereocenters. The van der Waals surface area contributed by atoms with E-state index in [1.54, 1.807) is 0 Å². The molecule has 17 heavy (non-hydrogen) atoms. The van der Waals surface area contributed by atoms with Gasteiger partial charge in [0, 0.05) is 26.2 Å². The van der Waals surface area contributed by atoms with Crippen molar-refractivity contribution in [1.82, 2.24) is 14.9 Å². The van der Waals surface area contributed by atoms with Crippen LogP contribution in [0.3, 0.4) is 0 Å². The normalized spacial score (nSPS) is 16.8. The average Bonchev–Trinajstić information content (AvgIpc) is 2.26. The number of nitrogens with two attached hydrogens (primary N) is 1. The van der Waals surface area contributed by atoms with E-state index in [1.165, 1.54) is 0 Å². The molecule has 1 aromatic rings. The number of anilines is 2. The third-order valence-corrected chi connectivity index (χ3v) is 3.35. The largest absolute Gasteiger partial charge is 0.382 e. The number of hydrogen-bond acceptors (Lipinski definition) is 5. The summed E-state index contributed by atoms with van der Waals surface area (Å²) in [5, 5.41) is 0.433. The van der Waals surface area contributed by atoms with Gasteiger partial charge in [-0.2, -0.15) is 9.97 Å². The van der Waals surface area contributed by atoms with Gasteiger partial charge >= 0.3 is 0 Å². The third-order valence-electron chi connectivity index (χ3n) is 2.61. The number of nitrogens with zero attached hydrogens (tertiary/aromatic N) is 4. The molecule has 5 nitrogen and oxygen atoms in total. The van der Waals surface area contributed by atoms with Crippen LogP contribution in [0.1, 0.15) is 0 Å². The highest BCUT2D eigenvalue weighted by atomic mass is 35.5. The molecule has 1 aliphatic heterocycles. The molecule has 1 fully saturated rings. The smallest absolute Gasteiger partial charge is 0.228 e. The van der Waals surface area contributed by atoms with Gasteiger partial charge in [-0.15, -0.1) is 12.4 Å². The van der Waals surface area contributed by atoms with Crippen molar-refractivity contribution in [2.24, 2.45) is 0 Å². The van der Waals surface area contributed by atoms with Crippen LogP contribution in [-0.4, -0.2) is 48.1 Å². The van der Waals surface area contributed by atoms with Crippen molar-refractivity contribution < 1.29 is 0 Å². The fourth-order valence-corrected chi connectivity index (χ4v) is 1.83. The molecule has 0 aromatic carbocycles. The second kappa shape index (κ2) is 5.91. The minimum atomic E-state index is 0. The van der Waals surface area contributed by atoms with Gasteiger partial charge in [0.25, 0.3) is 0 Å². The third kappa shape index (κ3) is 3.25. The fourth-order valence-electron chi connectivity index (χ4n) is 1.57. The van der Waals surface area contributed by atoms with E-state index in [9.17, 15) is 0 Å². The summed E-state index contributed by atoms with van der Waals surface area (Å²) in [6.45, 7) is 3.69. The maximum absolute atomic E-state index is 5.87. The average molecular weight is 299 g/mol. The number of likely N-dealkylation sites (N-methyl/N-ethyl adjacent to an activating group) is 1. The lowest BCUT2D eigenvalue weighted by molar-refractivity contribution is 0.311. The van der Waals surface area contributed by atoms with Gasteiger partial charge in [0.1, 0.15) is 10.8 Å². The molecule has 0 spiro atoms. The van der Waals surface area contributed by atoms with Crippen LogP contribution in [0.25, 0.3) is 0 Å². The van der Waals surface area contributed by atoms with Crippen molar-refractivity contribution in [1.29, 1.82) is 0 Å². The summed E-state index contributed by atoms with van der Waals surface area (Å²) in [4.78, 5) is 12.6. The summed E-state index contributed by atoms with van der Waals surface area (Å²) in [5.41, 5.74) is 5.65. The molecule has 0 saturated carbocycles. The molecule has 2 N–H and O–H groups in total. The standard InChI is InChI=1S/C9H13Cl2N5.ClH/c1-15-2-4-16(5-3-15)9-13-7(11)6(10)8(12)14-9;/h2-5H2,1H3,(H2,12,13,14);1H. The Labute approximate surface area is 116 Å². The molecule has 2 heterocycles. The first-order valence-corrected chi connectivity index (χ1v) is 5.75. The Hall–Kier alpha value is -0.490. The lowest BCUT2D eigenvalue weighted by Crippen LogP contribution is -2.45. The van der Waals surface area contributed by atoms with Crippen LogP contribution >= 0.6 is 35.6 Å². The number of hydrogen-bond donors (Lipinski definition) is 1. The first kappa shape index (κ1) is 14.6. The Bertz CT molecular complexity index is 369. The van der Waals surface area contributed by atoms with Crippen molar-refractivity contribution >= 4 is 47.4 Å². The second-order valence-corrected chi connectivity index (χ2v) is 4.54. The summed E-state index contributed by atoms with van der Waals surface area (Å²) in [6, 6.07) is 0. The Morgan fingerprint density at radius 2 is 1.71 bits per heavy atom. The minimum Gasteiger partial charge on any atom is -0.382 e. The van der Waals surface area contributed by atoms with Crippen molar-refractivity contribution in [3.8, 4) is 0 Å². The highest BCUT2D eigenvalue weighted by Crippen LogP contribution is 2.27. The summed E-state index contributed by atoms with van der Waals surface area (Å²) in [7, 11) is 2.08. The Kier molecular flexibility index (Phi) is 5.06. The molecular weight excluding hydrogens is 284 g/mol. The van der Waals surface area contributed by atoms with Crippen molar-refractivity contribution in [2.45, 2.75) is 0 Å². The number of rotatable bonds is 1. The lowest BCUT2D eigenvalue weighted by Gasteiger charge is -2.32. The van der Waals surface area contributed by atoms with E-state index < -0.39 is 0 Å². The van der Waals surface area contributed by atoms with Crippen LogP contribution in [0.2, 0.25) is 10.2 Å². The van der Waals surface area contributed by atoms with Gasteiger partial charge in [0.05, 0.1) is 0 Å². The first-order valence-electron chi connectivity index (χ1n) is 5.00. The highest BCUT2D eigenvalue weighted by Gasteiger charge is 2.18. The van der Waals surface area contributed by atoms with Gasteiger partial charge in [0.2, 0.25) is 5.95 Å². The first-order chi connectivity index (χ1) is 7.58. The number of halogens is 3. The highest BCUT2D eigenvalue weighted by molar-refractivity contribution is 6.42. The monoisotopic (exact) mass is 297 g/mol. The molecular formula is C9H14Cl3N5. The molecule has 0 amide bonds. The van der Waals surface area contributed by atoms with Crippen molar-refractivity contribution in [2.75, 3.05) is 43.9 Å². The van der Waals surface area contributed by atoms with Crippen molar-refractivity contribution in [3.63, 3.8) is 0 Å². The van der Waals surface area contributed by atoms with Crippen LogP contribution in [0, 0.1) is 0 Å². The van der Waals surface area contributed by atoms with Crippen LogP contribution in [0.15, 0.2) is 0 Å². The Morgan fingerprint density at radius 3 is 2.24 bits per heavy atom. The van der Waals surface area contributed by atoms with Gasteiger partial charge in [-0.25, -0.2) is 0 Å². The molecule has 0 radical (unpaired) electrons. The zero-order valence-electron chi connectivity index (χ0n) is 9.36. The topological polar surface area (TPSA) is 58.3 Å². The van der Waals surface area contributed by atoms with Crippen LogP contribution in [-0.2, 0) is 0 Å². The fraction of sp³-hybridized carbons (Fsp3) is 0.556. The van der Waals surface area contributed by atoms with E-state index in [0.717, 1.165) is 26.2 Å². The molecule has 96 valence electrons. The van der Waals surface area contributed by atoms with E-state index in [4.69, 9.17) is 28.9 Å². The molecule has 8 heteroatoms. The lowest BCUT2D eigenvalue weighted by atomic mass is 10.3. The van der Waals surface area contributed by atoms with E-state index in [-0.39, 0.29) is 28.4 Å². The van der Waals surface area contributed by atoms with E-state index >= 15 is 0 Å². The molecule has 1 aliphatic rings. The van der Waals surface area contributed by atoms with Gasteiger partial charge in [0.15, 0.2) is 5.15 Å². The quantitative estimate of drug-likeness (QED) is 0.797. The zero-order valence-corrected chi connectivity index (χ0v) is 11.7. The summed E-state index contributed by atoms with van der Waals surface area (Å²) in [5.74, 6) is 0.788. The predicted molar refractivity (Wildman–Crippen MR) is 73.4 cm³/mol. The molecule has 2 rings (SSSR count). The Balaban J connectivity index is 0.00000144. The summed E-state index contributed by atoms with van der Waals surface area (Å²) < 4.78 is 0. The molecule has 0 unspecified atom stereocenters. The van der Waals surface area contributed by atoms with E-state index in [0.29, 0.717) is 5.95 Å². The second-order valence-electron chi connectivity index (χ2n) is 3.80. The maximum atomic E-state index is 5.87. The number of aromatic nitrogens is 2. The minimum absolute atomic E-state index is 0. The van der Waals surface area contributed by atoms with Crippen LogP contribution in [0.5, 0.6) is 0 Å². The molecule has 0 bridgehead atoms. The molecule has 0 aliphatic carbocycles. The number of nitrogen functional groups attached to an aromatic ring is 1. The van der Waals surface area contributed by atoms with E-state index in [1.807, 2.05) is 0 Å². The van der Waals surface area contributed by atoms with Gasteiger partial charge < -0.3 is 15.5 Å². The maximum Gasteiger partial charge on any atom is 0.228 e. The van der Waals surface area contributed by atoms with Crippen LogP contribution < -0.4 is 10.6 Å². The summed E-state index contributed by atoms with van der Waals surface area (Å²) in [6.07, 6.45) is 0. The van der Waals surface area contributed by atoms with Crippen molar-refractivity contribution in [3.05, 3.63) is 10.2 Å². The van der Waals surface area contributed by atoms with Gasteiger partial charge in [-0.05, 0) is 7.05 Å². The number of piperazine rings is 1.